The van der Waals surface area contributed by atoms with Crippen LogP contribution >= 0.6 is 0 Å². The zero-order valence-electron chi connectivity index (χ0n) is 13.2. The van der Waals surface area contributed by atoms with Crippen molar-refractivity contribution in [2.75, 3.05) is 19.8 Å². The molecule has 0 radical (unpaired) electrons. The summed E-state index contributed by atoms with van der Waals surface area (Å²) in [7, 11) is 0. The molecule has 24 heavy (non-hydrogen) atoms. The number of halogens is 2. The second kappa shape index (κ2) is 7.09. The maximum atomic E-state index is 13.7. The van der Waals surface area contributed by atoms with Crippen molar-refractivity contribution in [3.63, 3.8) is 0 Å². The van der Waals surface area contributed by atoms with Crippen molar-refractivity contribution < 1.29 is 18.3 Å². The van der Waals surface area contributed by atoms with Gasteiger partial charge >= 0.3 is 0 Å². The summed E-state index contributed by atoms with van der Waals surface area (Å²) in [6.45, 7) is 1.51. The first-order valence-electron chi connectivity index (χ1n) is 7.97. The van der Waals surface area contributed by atoms with E-state index in [0.29, 0.717) is 19.8 Å². The number of amides is 1. The summed E-state index contributed by atoms with van der Waals surface area (Å²) in [4.78, 5) is 12.3. The van der Waals surface area contributed by atoms with Gasteiger partial charge in [-0.25, -0.2) is 8.78 Å². The molecule has 0 unspecified atom stereocenters. The normalized spacial score (nSPS) is 16.6. The van der Waals surface area contributed by atoms with Gasteiger partial charge in [-0.1, -0.05) is 24.3 Å². The van der Waals surface area contributed by atoms with E-state index in [1.807, 2.05) is 0 Å². The van der Waals surface area contributed by atoms with E-state index < -0.39 is 11.7 Å². The lowest BCUT2D eigenvalue weighted by Gasteiger charge is -2.38. The lowest BCUT2D eigenvalue weighted by molar-refractivity contribution is 0.0486. The van der Waals surface area contributed by atoms with Gasteiger partial charge in [0.05, 0.1) is 5.56 Å². The van der Waals surface area contributed by atoms with E-state index in [0.717, 1.165) is 18.4 Å². The number of hydrogen-bond acceptors (Lipinski definition) is 2. The van der Waals surface area contributed by atoms with Crippen molar-refractivity contribution in [1.29, 1.82) is 0 Å². The molecule has 0 atom stereocenters. The predicted octanol–water partition coefficient (Wildman–Crippen LogP) is 3.44. The van der Waals surface area contributed by atoms with Gasteiger partial charge in [-0.05, 0) is 42.7 Å². The maximum absolute atomic E-state index is 13.7. The molecule has 1 saturated heterocycles. The summed E-state index contributed by atoms with van der Waals surface area (Å²) in [5.74, 6) is -1.28. The third kappa shape index (κ3) is 3.46. The molecule has 2 aromatic carbocycles. The average Bonchev–Trinajstić information content (AvgIpc) is 2.61. The lowest BCUT2D eigenvalue weighted by Crippen LogP contribution is -2.44. The molecule has 1 aliphatic heterocycles. The first-order valence-corrected chi connectivity index (χ1v) is 7.97. The van der Waals surface area contributed by atoms with E-state index in [4.69, 9.17) is 4.74 Å². The molecule has 5 heteroatoms. The van der Waals surface area contributed by atoms with Gasteiger partial charge in [0, 0.05) is 25.2 Å². The molecule has 1 heterocycles. The molecule has 1 aliphatic rings. The van der Waals surface area contributed by atoms with Crippen LogP contribution in [0.5, 0.6) is 0 Å². The van der Waals surface area contributed by atoms with E-state index >= 15 is 0 Å². The zero-order valence-corrected chi connectivity index (χ0v) is 13.2. The van der Waals surface area contributed by atoms with Gasteiger partial charge < -0.3 is 10.1 Å². The fourth-order valence-corrected chi connectivity index (χ4v) is 3.12. The molecule has 0 spiro atoms. The third-order valence-electron chi connectivity index (χ3n) is 4.61. The Morgan fingerprint density at radius 3 is 2.38 bits per heavy atom. The summed E-state index contributed by atoms with van der Waals surface area (Å²) in [5, 5.41) is 2.84. The van der Waals surface area contributed by atoms with Crippen LogP contribution in [0.25, 0.3) is 0 Å². The van der Waals surface area contributed by atoms with Gasteiger partial charge in [-0.15, -0.1) is 0 Å². The highest BCUT2D eigenvalue weighted by atomic mass is 19.1. The molecule has 2 aromatic rings. The third-order valence-corrected chi connectivity index (χ3v) is 4.61. The quantitative estimate of drug-likeness (QED) is 0.932. The molecule has 1 fully saturated rings. The largest absolute Gasteiger partial charge is 0.381 e. The van der Waals surface area contributed by atoms with Crippen molar-refractivity contribution in [3.05, 3.63) is 71.3 Å². The van der Waals surface area contributed by atoms with Crippen molar-refractivity contribution in [3.8, 4) is 0 Å². The van der Waals surface area contributed by atoms with Crippen LogP contribution in [-0.4, -0.2) is 25.7 Å². The van der Waals surface area contributed by atoms with Crippen LogP contribution in [-0.2, 0) is 10.2 Å². The average molecular weight is 331 g/mol. The molecule has 126 valence electrons. The minimum absolute atomic E-state index is 0.0267. The van der Waals surface area contributed by atoms with Crippen LogP contribution < -0.4 is 5.32 Å². The van der Waals surface area contributed by atoms with Crippen molar-refractivity contribution in [2.45, 2.75) is 18.3 Å². The Morgan fingerprint density at radius 2 is 1.71 bits per heavy atom. The van der Waals surface area contributed by atoms with E-state index in [1.165, 1.54) is 24.3 Å². The minimum Gasteiger partial charge on any atom is -0.381 e. The van der Waals surface area contributed by atoms with E-state index in [2.05, 4.69) is 5.32 Å². The van der Waals surface area contributed by atoms with Gasteiger partial charge in [-0.2, -0.15) is 0 Å². The van der Waals surface area contributed by atoms with Crippen molar-refractivity contribution >= 4 is 5.91 Å². The zero-order chi connectivity index (χ0) is 17.0. The van der Waals surface area contributed by atoms with Crippen LogP contribution in [0.1, 0.15) is 28.8 Å². The van der Waals surface area contributed by atoms with Crippen molar-refractivity contribution in [1.82, 2.24) is 5.32 Å². The molecule has 3 nitrogen and oxygen atoms in total. The standard InChI is InChI=1S/C19H19F2NO2/c20-15-7-5-14(6-8-15)19(9-11-24-12-10-19)13-22-18(23)16-3-1-2-4-17(16)21/h1-8H,9-13H2,(H,22,23). The SMILES string of the molecule is O=C(NCC1(c2ccc(F)cc2)CCOCC1)c1ccccc1F. The first kappa shape index (κ1) is 16.6. The predicted molar refractivity (Wildman–Crippen MR) is 86.9 cm³/mol. The Morgan fingerprint density at radius 1 is 1.04 bits per heavy atom. The van der Waals surface area contributed by atoms with Gasteiger partial charge in [-0.3, -0.25) is 4.79 Å². The van der Waals surface area contributed by atoms with Crippen LogP contribution in [0.3, 0.4) is 0 Å². The Bertz CT molecular complexity index is 710. The molecular formula is C19H19F2NO2. The molecule has 3 rings (SSSR count). The molecule has 0 bridgehead atoms. The van der Waals surface area contributed by atoms with Gasteiger partial charge in [0.15, 0.2) is 0 Å². The number of hydrogen-bond donors (Lipinski definition) is 1. The molecule has 0 aliphatic carbocycles. The van der Waals surface area contributed by atoms with E-state index in [-0.39, 0.29) is 16.8 Å². The van der Waals surface area contributed by atoms with Gasteiger partial charge in [0.2, 0.25) is 0 Å². The second-order valence-corrected chi connectivity index (χ2v) is 6.06. The topological polar surface area (TPSA) is 38.3 Å². The smallest absolute Gasteiger partial charge is 0.254 e. The fraction of sp³-hybridized carbons (Fsp3) is 0.316. The van der Waals surface area contributed by atoms with Crippen LogP contribution in [0.15, 0.2) is 48.5 Å². The molecule has 0 saturated carbocycles. The second-order valence-electron chi connectivity index (χ2n) is 6.06. The Balaban J connectivity index is 1.79. The first-order chi connectivity index (χ1) is 11.6. The Kier molecular flexibility index (Phi) is 4.90. The summed E-state index contributed by atoms with van der Waals surface area (Å²) >= 11 is 0. The number of ether oxygens (including phenoxy) is 1. The van der Waals surface area contributed by atoms with Crippen LogP contribution in [0, 0.1) is 11.6 Å². The van der Waals surface area contributed by atoms with Gasteiger partial charge in [0.25, 0.3) is 5.91 Å². The summed E-state index contributed by atoms with van der Waals surface area (Å²) in [6.07, 6.45) is 1.44. The van der Waals surface area contributed by atoms with Crippen molar-refractivity contribution in [2.24, 2.45) is 0 Å². The fourth-order valence-electron chi connectivity index (χ4n) is 3.12. The monoisotopic (exact) mass is 331 g/mol. The highest BCUT2D eigenvalue weighted by Crippen LogP contribution is 2.34. The highest BCUT2D eigenvalue weighted by molar-refractivity contribution is 5.94. The molecule has 1 N–H and O–H groups in total. The molecular weight excluding hydrogens is 312 g/mol. The Labute approximate surface area is 139 Å². The number of carbonyl (C=O) groups is 1. The van der Waals surface area contributed by atoms with E-state index in [1.54, 1.807) is 24.3 Å². The summed E-state index contributed by atoms with van der Waals surface area (Å²) in [6, 6.07) is 12.2. The summed E-state index contributed by atoms with van der Waals surface area (Å²) < 4.78 is 32.4. The number of rotatable bonds is 4. The number of nitrogens with one attached hydrogen (secondary N) is 1. The van der Waals surface area contributed by atoms with E-state index in [9.17, 15) is 13.6 Å². The number of benzene rings is 2. The number of carbonyl (C=O) groups excluding carboxylic acids is 1. The lowest BCUT2D eigenvalue weighted by atomic mass is 9.74. The van der Waals surface area contributed by atoms with Gasteiger partial charge in [0.1, 0.15) is 11.6 Å². The van der Waals surface area contributed by atoms with Crippen LogP contribution in [0.2, 0.25) is 0 Å². The minimum atomic E-state index is -0.544. The summed E-state index contributed by atoms with van der Waals surface area (Å²) in [5.41, 5.74) is 0.659. The molecule has 0 aromatic heterocycles. The van der Waals surface area contributed by atoms with Crippen LogP contribution in [0.4, 0.5) is 8.78 Å². The molecule has 1 amide bonds. The highest BCUT2D eigenvalue weighted by Gasteiger charge is 2.35. The Hall–Kier alpha value is -2.27. The maximum Gasteiger partial charge on any atom is 0.254 e.